The summed E-state index contributed by atoms with van der Waals surface area (Å²) in [5.74, 6) is 2.19. The molecule has 1 aromatic carbocycles. The fourth-order valence-electron chi connectivity index (χ4n) is 3.81. The summed E-state index contributed by atoms with van der Waals surface area (Å²) < 4.78 is 11.5. The van der Waals surface area contributed by atoms with Crippen molar-refractivity contribution >= 4 is 0 Å². The minimum Gasteiger partial charge on any atom is -0.493 e. The predicted molar refractivity (Wildman–Crippen MR) is 113 cm³/mol. The van der Waals surface area contributed by atoms with E-state index < -0.39 is 0 Å². The van der Waals surface area contributed by atoms with Crippen LogP contribution in [0.2, 0.25) is 0 Å². The summed E-state index contributed by atoms with van der Waals surface area (Å²) in [7, 11) is 1.69. The molecular formula is C23H33N3O2. The second-order valence-corrected chi connectivity index (χ2v) is 7.81. The minimum atomic E-state index is 0.502. The van der Waals surface area contributed by atoms with Crippen molar-refractivity contribution in [3.05, 3.63) is 53.9 Å². The highest BCUT2D eigenvalue weighted by molar-refractivity contribution is 5.43. The lowest BCUT2D eigenvalue weighted by atomic mass is 10.0. The maximum absolute atomic E-state index is 5.93. The standard InChI is InChI=1S/C23H33N3O2/c1-18(2)21(26-12-4-5-13-26)16-25-15-20-6-7-22(23(14-20)27-3)28-17-19-8-10-24-11-9-19/h6-11,14,18,21,25H,4-5,12-13,15-17H2,1-3H3. The highest BCUT2D eigenvalue weighted by Gasteiger charge is 2.24. The molecule has 1 unspecified atom stereocenters. The van der Waals surface area contributed by atoms with Gasteiger partial charge in [-0.25, -0.2) is 0 Å². The Labute approximate surface area is 169 Å². The van der Waals surface area contributed by atoms with E-state index >= 15 is 0 Å². The van der Waals surface area contributed by atoms with Gasteiger partial charge in [0, 0.05) is 31.5 Å². The Hall–Kier alpha value is -2.11. The summed E-state index contributed by atoms with van der Waals surface area (Å²) >= 11 is 0. The van der Waals surface area contributed by atoms with Crippen molar-refractivity contribution in [2.45, 2.75) is 45.9 Å². The van der Waals surface area contributed by atoms with Gasteiger partial charge in [0.2, 0.25) is 0 Å². The highest BCUT2D eigenvalue weighted by atomic mass is 16.5. The average Bonchev–Trinajstić information content (AvgIpc) is 3.24. The molecule has 1 aliphatic heterocycles. The molecule has 1 aromatic heterocycles. The van der Waals surface area contributed by atoms with Crippen LogP contribution >= 0.6 is 0 Å². The zero-order valence-corrected chi connectivity index (χ0v) is 17.4. The molecule has 1 N–H and O–H groups in total. The third-order valence-corrected chi connectivity index (χ3v) is 5.43. The second kappa shape index (κ2) is 10.4. The molecule has 2 aromatic rings. The molecule has 0 radical (unpaired) electrons. The lowest BCUT2D eigenvalue weighted by Crippen LogP contribution is -2.44. The summed E-state index contributed by atoms with van der Waals surface area (Å²) in [6, 6.07) is 10.7. The van der Waals surface area contributed by atoms with E-state index in [4.69, 9.17) is 9.47 Å². The number of benzene rings is 1. The number of methoxy groups -OCH3 is 1. The summed E-state index contributed by atoms with van der Waals surface area (Å²) in [5.41, 5.74) is 2.29. The molecule has 0 spiro atoms. The summed E-state index contributed by atoms with van der Waals surface area (Å²) in [5, 5.41) is 3.64. The second-order valence-electron chi connectivity index (χ2n) is 7.81. The molecule has 1 atom stereocenters. The van der Waals surface area contributed by atoms with E-state index in [2.05, 4.69) is 41.2 Å². The maximum Gasteiger partial charge on any atom is 0.161 e. The van der Waals surface area contributed by atoms with Crippen molar-refractivity contribution in [3.8, 4) is 11.5 Å². The smallest absolute Gasteiger partial charge is 0.161 e. The lowest BCUT2D eigenvalue weighted by Gasteiger charge is -2.31. The summed E-state index contributed by atoms with van der Waals surface area (Å²) in [6.45, 7) is 9.47. The highest BCUT2D eigenvalue weighted by Crippen LogP contribution is 2.29. The Bertz CT molecular complexity index is 715. The van der Waals surface area contributed by atoms with Crippen LogP contribution in [0.4, 0.5) is 0 Å². The first-order valence-electron chi connectivity index (χ1n) is 10.3. The molecule has 1 saturated heterocycles. The van der Waals surface area contributed by atoms with Gasteiger partial charge in [-0.1, -0.05) is 19.9 Å². The van der Waals surface area contributed by atoms with Gasteiger partial charge in [-0.2, -0.15) is 0 Å². The van der Waals surface area contributed by atoms with Crippen LogP contribution in [0.5, 0.6) is 11.5 Å². The summed E-state index contributed by atoms with van der Waals surface area (Å²) in [6.07, 6.45) is 6.22. The van der Waals surface area contributed by atoms with Gasteiger partial charge in [0.15, 0.2) is 11.5 Å². The molecule has 1 aliphatic rings. The molecule has 5 nitrogen and oxygen atoms in total. The van der Waals surface area contributed by atoms with Gasteiger partial charge in [-0.05, 0) is 67.2 Å². The molecule has 0 amide bonds. The minimum absolute atomic E-state index is 0.502. The van der Waals surface area contributed by atoms with Crippen molar-refractivity contribution in [3.63, 3.8) is 0 Å². The van der Waals surface area contributed by atoms with E-state index in [9.17, 15) is 0 Å². The number of nitrogens with one attached hydrogen (secondary N) is 1. The number of ether oxygens (including phenoxy) is 2. The van der Waals surface area contributed by atoms with Crippen molar-refractivity contribution in [1.82, 2.24) is 15.2 Å². The Kier molecular flexibility index (Phi) is 7.69. The molecule has 5 heteroatoms. The molecular weight excluding hydrogens is 350 g/mol. The van der Waals surface area contributed by atoms with Crippen LogP contribution in [0.15, 0.2) is 42.7 Å². The third kappa shape index (κ3) is 5.69. The quantitative estimate of drug-likeness (QED) is 0.675. The van der Waals surface area contributed by atoms with E-state index in [1.54, 1.807) is 19.5 Å². The van der Waals surface area contributed by atoms with Gasteiger partial charge < -0.3 is 14.8 Å². The fourth-order valence-corrected chi connectivity index (χ4v) is 3.81. The first-order chi connectivity index (χ1) is 13.7. The van der Waals surface area contributed by atoms with E-state index in [0.29, 0.717) is 18.6 Å². The van der Waals surface area contributed by atoms with E-state index in [0.717, 1.165) is 30.2 Å². The Balaban J connectivity index is 1.54. The van der Waals surface area contributed by atoms with E-state index in [1.165, 1.54) is 31.5 Å². The van der Waals surface area contributed by atoms with Crippen LogP contribution in [-0.2, 0) is 13.2 Å². The number of hydrogen-bond acceptors (Lipinski definition) is 5. The van der Waals surface area contributed by atoms with Crippen molar-refractivity contribution in [2.75, 3.05) is 26.7 Å². The molecule has 0 saturated carbocycles. The number of nitrogens with zero attached hydrogens (tertiary/aromatic N) is 2. The van der Waals surface area contributed by atoms with Gasteiger partial charge in [-0.15, -0.1) is 0 Å². The molecule has 28 heavy (non-hydrogen) atoms. The predicted octanol–water partition coefficient (Wildman–Crippen LogP) is 3.88. The molecule has 0 aliphatic carbocycles. The first kappa shape index (κ1) is 20.6. The van der Waals surface area contributed by atoms with E-state index in [-0.39, 0.29) is 0 Å². The van der Waals surface area contributed by atoms with Crippen LogP contribution in [0.25, 0.3) is 0 Å². The fraction of sp³-hybridized carbons (Fsp3) is 0.522. The Morgan fingerprint density at radius 3 is 2.46 bits per heavy atom. The Morgan fingerprint density at radius 2 is 1.79 bits per heavy atom. The third-order valence-electron chi connectivity index (χ3n) is 5.43. The van der Waals surface area contributed by atoms with Crippen molar-refractivity contribution in [2.24, 2.45) is 5.92 Å². The van der Waals surface area contributed by atoms with Gasteiger partial charge in [0.25, 0.3) is 0 Å². The Morgan fingerprint density at radius 1 is 1.04 bits per heavy atom. The number of likely N-dealkylation sites (tertiary alicyclic amines) is 1. The maximum atomic E-state index is 5.93. The van der Waals surface area contributed by atoms with Gasteiger partial charge in [0.05, 0.1) is 7.11 Å². The molecule has 2 heterocycles. The number of pyridine rings is 1. The van der Waals surface area contributed by atoms with Crippen LogP contribution < -0.4 is 14.8 Å². The molecule has 152 valence electrons. The lowest BCUT2D eigenvalue weighted by molar-refractivity contribution is 0.186. The largest absolute Gasteiger partial charge is 0.493 e. The zero-order valence-electron chi connectivity index (χ0n) is 17.4. The van der Waals surface area contributed by atoms with Crippen LogP contribution in [0.3, 0.4) is 0 Å². The van der Waals surface area contributed by atoms with Gasteiger partial charge in [0.1, 0.15) is 6.61 Å². The summed E-state index contributed by atoms with van der Waals surface area (Å²) in [4.78, 5) is 6.67. The van der Waals surface area contributed by atoms with Crippen LogP contribution in [-0.4, -0.2) is 42.7 Å². The van der Waals surface area contributed by atoms with Crippen LogP contribution in [0, 0.1) is 5.92 Å². The topological polar surface area (TPSA) is 46.6 Å². The molecule has 0 bridgehead atoms. The number of hydrogen-bond donors (Lipinski definition) is 1. The number of rotatable bonds is 10. The van der Waals surface area contributed by atoms with Gasteiger partial charge >= 0.3 is 0 Å². The van der Waals surface area contributed by atoms with Crippen LogP contribution in [0.1, 0.15) is 37.8 Å². The normalized spacial score (nSPS) is 15.7. The zero-order chi connectivity index (χ0) is 19.8. The van der Waals surface area contributed by atoms with E-state index in [1.807, 2.05) is 18.2 Å². The van der Waals surface area contributed by atoms with Crippen molar-refractivity contribution < 1.29 is 9.47 Å². The molecule has 1 fully saturated rings. The molecule has 3 rings (SSSR count). The average molecular weight is 384 g/mol. The SMILES string of the molecule is COc1cc(CNCC(C(C)C)N2CCCC2)ccc1OCc1ccncc1. The first-order valence-corrected chi connectivity index (χ1v) is 10.3. The monoisotopic (exact) mass is 383 g/mol. The van der Waals surface area contributed by atoms with Crippen molar-refractivity contribution in [1.29, 1.82) is 0 Å². The number of aromatic nitrogens is 1. The van der Waals surface area contributed by atoms with Gasteiger partial charge in [-0.3, -0.25) is 9.88 Å².